The number of hydrogen-bond donors (Lipinski definition) is 1. The van der Waals surface area contributed by atoms with Gasteiger partial charge in [-0.1, -0.05) is 60.7 Å². The highest BCUT2D eigenvalue weighted by Crippen LogP contribution is 2.28. The molecule has 1 saturated heterocycles. The van der Waals surface area contributed by atoms with Crippen LogP contribution >= 0.6 is 0 Å². The molecular weight excluding hydrogens is 441 g/mol. The molecule has 0 aromatic heterocycles. The molecule has 0 bridgehead atoms. The molecule has 1 N–H and O–H groups in total. The van der Waals surface area contributed by atoms with Crippen LogP contribution in [0.15, 0.2) is 83.8 Å². The zero-order valence-corrected chi connectivity index (χ0v) is 19.1. The average Bonchev–Trinajstić information content (AvgIpc) is 2.84. The van der Waals surface area contributed by atoms with Gasteiger partial charge in [0, 0.05) is 37.4 Å². The summed E-state index contributed by atoms with van der Waals surface area (Å²) in [6.07, 6.45) is 0. The molecule has 3 aromatic rings. The maximum absolute atomic E-state index is 14.0. The van der Waals surface area contributed by atoms with E-state index in [1.807, 2.05) is 66.4 Å². The van der Waals surface area contributed by atoms with Gasteiger partial charge < -0.3 is 5.32 Å². The van der Waals surface area contributed by atoms with Crippen molar-refractivity contribution in [1.29, 1.82) is 0 Å². The lowest BCUT2D eigenvalue weighted by Gasteiger charge is -2.36. The van der Waals surface area contributed by atoms with E-state index in [0.717, 1.165) is 22.9 Å². The molecule has 4 rings (SSSR count). The van der Waals surface area contributed by atoms with Gasteiger partial charge in [0.05, 0.1) is 6.04 Å². The van der Waals surface area contributed by atoms with Gasteiger partial charge in [-0.25, -0.2) is 12.8 Å². The first-order chi connectivity index (χ1) is 15.9. The quantitative estimate of drug-likeness (QED) is 0.598. The van der Waals surface area contributed by atoms with Gasteiger partial charge >= 0.3 is 0 Å². The van der Waals surface area contributed by atoms with Crippen molar-refractivity contribution in [3.63, 3.8) is 0 Å². The van der Waals surface area contributed by atoms with Crippen LogP contribution < -0.4 is 5.32 Å². The standard InChI is InChI=1S/C25H26FN3O3S/c1-19(25(30)27-23-13-7-5-11-21(23)20-9-3-2-4-10-20)28-15-17-29(18-16-28)33(31,32)24-14-8-6-12-22(24)26/h2-14,19H,15-18H2,1H3,(H,27,30)/t19-/m1/s1. The Labute approximate surface area is 193 Å². The highest BCUT2D eigenvalue weighted by molar-refractivity contribution is 7.89. The van der Waals surface area contributed by atoms with Crippen molar-refractivity contribution in [2.24, 2.45) is 0 Å². The number of carbonyl (C=O) groups is 1. The van der Waals surface area contributed by atoms with Crippen LogP contribution in [0.5, 0.6) is 0 Å². The maximum Gasteiger partial charge on any atom is 0.246 e. The molecule has 0 unspecified atom stereocenters. The fourth-order valence-electron chi connectivity index (χ4n) is 3.99. The Morgan fingerprint density at radius 3 is 2.18 bits per heavy atom. The summed E-state index contributed by atoms with van der Waals surface area (Å²) in [6, 6.07) is 22.4. The highest BCUT2D eigenvalue weighted by atomic mass is 32.2. The lowest BCUT2D eigenvalue weighted by atomic mass is 10.0. The Morgan fingerprint density at radius 2 is 1.48 bits per heavy atom. The van der Waals surface area contributed by atoms with E-state index in [0.29, 0.717) is 13.1 Å². The Balaban J connectivity index is 1.41. The van der Waals surface area contributed by atoms with Gasteiger partial charge in [0.25, 0.3) is 0 Å². The summed E-state index contributed by atoms with van der Waals surface area (Å²) < 4.78 is 41.0. The Hall–Kier alpha value is -3.07. The molecule has 8 heteroatoms. The lowest BCUT2D eigenvalue weighted by Crippen LogP contribution is -2.54. The summed E-state index contributed by atoms with van der Waals surface area (Å²) >= 11 is 0. The smallest absolute Gasteiger partial charge is 0.246 e. The van der Waals surface area contributed by atoms with Gasteiger partial charge in [0.15, 0.2) is 0 Å². The number of hydrogen-bond acceptors (Lipinski definition) is 4. The third-order valence-corrected chi connectivity index (χ3v) is 7.86. The van der Waals surface area contributed by atoms with Crippen LogP contribution in [0.3, 0.4) is 0 Å². The summed E-state index contributed by atoms with van der Waals surface area (Å²) in [7, 11) is -3.92. The summed E-state index contributed by atoms with van der Waals surface area (Å²) in [5.41, 5.74) is 2.66. The number of anilines is 1. The maximum atomic E-state index is 14.0. The molecule has 172 valence electrons. The molecule has 1 fully saturated rings. The molecule has 0 saturated carbocycles. The molecule has 0 radical (unpaired) electrons. The van der Waals surface area contributed by atoms with Crippen molar-refractivity contribution in [2.75, 3.05) is 31.5 Å². The molecule has 1 atom stereocenters. The topological polar surface area (TPSA) is 69.7 Å². The number of halogens is 1. The molecule has 0 spiro atoms. The number of carbonyl (C=O) groups excluding carboxylic acids is 1. The largest absolute Gasteiger partial charge is 0.324 e. The number of piperazine rings is 1. The van der Waals surface area contributed by atoms with Gasteiger partial charge in [0.2, 0.25) is 15.9 Å². The van der Waals surface area contributed by atoms with Crippen molar-refractivity contribution in [2.45, 2.75) is 17.9 Å². The minimum atomic E-state index is -3.92. The molecule has 1 amide bonds. The first kappa shape index (κ1) is 23.1. The normalized spacial score (nSPS) is 16.3. The number of benzene rings is 3. The second kappa shape index (κ2) is 9.82. The van der Waals surface area contributed by atoms with Crippen LogP contribution in [0.1, 0.15) is 6.92 Å². The SMILES string of the molecule is C[C@H](C(=O)Nc1ccccc1-c1ccccc1)N1CCN(S(=O)(=O)c2ccccc2F)CC1. The van der Waals surface area contributed by atoms with E-state index in [1.54, 1.807) is 0 Å². The summed E-state index contributed by atoms with van der Waals surface area (Å²) in [4.78, 5) is 14.6. The Kier molecular flexibility index (Phi) is 6.88. The number of sulfonamides is 1. The van der Waals surface area contributed by atoms with E-state index in [9.17, 15) is 17.6 Å². The Bertz CT molecular complexity index is 1230. The fraction of sp³-hybridized carbons (Fsp3) is 0.240. The molecule has 1 heterocycles. The van der Waals surface area contributed by atoms with Crippen molar-refractivity contribution in [1.82, 2.24) is 9.21 Å². The van der Waals surface area contributed by atoms with Crippen LogP contribution in [0, 0.1) is 5.82 Å². The van der Waals surface area contributed by atoms with Crippen molar-refractivity contribution < 1.29 is 17.6 Å². The van der Waals surface area contributed by atoms with Gasteiger partial charge in [-0.3, -0.25) is 9.69 Å². The number of para-hydroxylation sites is 1. The van der Waals surface area contributed by atoms with E-state index >= 15 is 0 Å². The second-order valence-corrected chi connectivity index (χ2v) is 9.85. The predicted octanol–water partition coefficient (Wildman–Crippen LogP) is 3.83. The van der Waals surface area contributed by atoms with E-state index in [2.05, 4.69) is 5.32 Å². The van der Waals surface area contributed by atoms with Gasteiger partial charge in [0.1, 0.15) is 10.7 Å². The van der Waals surface area contributed by atoms with Crippen LogP contribution in [-0.4, -0.2) is 55.8 Å². The number of amides is 1. The number of nitrogens with one attached hydrogen (secondary N) is 1. The second-order valence-electron chi connectivity index (χ2n) is 7.95. The third-order valence-electron chi connectivity index (χ3n) is 5.92. The molecule has 6 nitrogen and oxygen atoms in total. The molecule has 33 heavy (non-hydrogen) atoms. The highest BCUT2D eigenvalue weighted by Gasteiger charge is 2.33. The van der Waals surface area contributed by atoms with Crippen molar-refractivity contribution >= 4 is 21.6 Å². The van der Waals surface area contributed by atoms with Crippen molar-refractivity contribution in [3.8, 4) is 11.1 Å². The van der Waals surface area contributed by atoms with E-state index in [4.69, 9.17) is 0 Å². The van der Waals surface area contributed by atoms with Crippen LogP contribution in [0.4, 0.5) is 10.1 Å². The van der Waals surface area contributed by atoms with E-state index in [1.165, 1.54) is 22.5 Å². The first-order valence-corrected chi connectivity index (χ1v) is 12.3. The molecular formula is C25H26FN3O3S. The van der Waals surface area contributed by atoms with Gasteiger partial charge in [-0.05, 0) is 30.7 Å². The minimum Gasteiger partial charge on any atom is -0.324 e. The first-order valence-electron chi connectivity index (χ1n) is 10.8. The third kappa shape index (κ3) is 4.98. The van der Waals surface area contributed by atoms with E-state index < -0.39 is 21.9 Å². The summed E-state index contributed by atoms with van der Waals surface area (Å²) in [5.74, 6) is -0.923. The monoisotopic (exact) mass is 467 g/mol. The summed E-state index contributed by atoms with van der Waals surface area (Å²) in [6.45, 7) is 2.94. The van der Waals surface area contributed by atoms with Crippen LogP contribution in [0.25, 0.3) is 11.1 Å². The minimum absolute atomic E-state index is 0.163. The fourth-order valence-corrected chi connectivity index (χ4v) is 5.48. The van der Waals surface area contributed by atoms with E-state index in [-0.39, 0.29) is 23.9 Å². The zero-order chi connectivity index (χ0) is 23.4. The van der Waals surface area contributed by atoms with Gasteiger partial charge in [-0.15, -0.1) is 0 Å². The predicted molar refractivity (Wildman–Crippen MR) is 127 cm³/mol. The van der Waals surface area contributed by atoms with Crippen LogP contribution in [-0.2, 0) is 14.8 Å². The Morgan fingerprint density at radius 1 is 0.879 bits per heavy atom. The molecule has 3 aromatic carbocycles. The molecule has 1 aliphatic rings. The average molecular weight is 468 g/mol. The molecule has 1 aliphatic heterocycles. The van der Waals surface area contributed by atoms with Crippen LogP contribution in [0.2, 0.25) is 0 Å². The number of rotatable bonds is 6. The zero-order valence-electron chi connectivity index (χ0n) is 18.3. The molecule has 0 aliphatic carbocycles. The number of nitrogens with zero attached hydrogens (tertiary/aromatic N) is 2. The van der Waals surface area contributed by atoms with Crippen molar-refractivity contribution in [3.05, 3.63) is 84.7 Å². The van der Waals surface area contributed by atoms with Gasteiger partial charge in [-0.2, -0.15) is 4.31 Å². The summed E-state index contributed by atoms with van der Waals surface area (Å²) in [5, 5.41) is 3.02. The lowest BCUT2D eigenvalue weighted by molar-refractivity contribution is -0.121.